The molecular weight excluding hydrogens is 286 g/mol. The van der Waals surface area contributed by atoms with Gasteiger partial charge in [-0.3, -0.25) is 0 Å². The summed E-state index contributed by atoms with van der Waals surface area (Å²) >= 11 is 3.60. The Morgan fingerprint density at radius 2 is 1.72 bits per heavy atom. The lowest BCUT2D eigenvalue weighted by molar-refractivity contribution is 0.480. The molecule has 1 nitrogen and oxygen atoms in total. The molecule has 2 saturated carbocycles. The van der Waals surface area contributed by atoms with Crippen molar-refractivity contribution in [2.75, 3.05) is 0 Å². The SMILES string of the molecule is Cc1cc(C(N)C2C3CCCCC32)c(C)cc1Br. The highest BCUT2D eigenvalue weighted by molar-refractivity contribution is 9.10. The average Bonchev–Trinajstić information content (AvgIpc) is 3.07. The van der Waals surface area contributed by atoms with Crippen LogP contribution < -0.4 is 5.73 Å². The summed E-state index contributed by atoms with van der Waals surface area (Å²) in [6, 6.07) is 4.76. The molecule has 98 valence electrons. The molecule has 0 spiro atoms. The highest BCUT2D eigenvalue weighted by atomic mass is 79.9. The van der Waals surface area contributed by atoms with Crippen LogP contribution in [0.5, 0.6) is 0 Å². The summed E-state index contributed by atoms with van der Waals surface area (Å²) in [5.74, 6) is 2.61. The lowest BCUT2D eigenvalue weighted by Crippen LogP contribution is -2.16. The maximum atomic E-state index is 6.56. The zero-order valence-electron chi connectivity index (χ0n) is 11.2. The molecule has 3 atom stereocenters. The van der Waals surface area contributed by atoms with Crippen LogP contribution in [0.4, 0.5) is 0 Å². The Bertz CT molecular complexity index is 456. The minimum atomic E-state index is 0.255. The van der Waals surface area contributed by atoms with Gasteiger partial charge < -0.3 is 5.73 Å². The minimum Gasteiger partial charge on any atom is -0.324 e. The van der Waals surface area contributed by atoms with E-state index in [4.69, 9.17) is 5.73 Å². The molecule has 0 aromatic heterocycles. The summed E-state index contributed by atoms with van der Waals surface area (Å²) in [6.45, 7) is 4.34. The van der Waals surface area contributed by atoms with Crippen molar-refractivity contribution in [3.63, 3.8) is 0 Å². The van der Waals surface area contributed by atoms with Crippen LogP contribution in [0.3, 0.4) is 0 Å². The van der Waals surface area contributed by atoms with Crippen LogP contribution in [0.2, 0.25) is 0 Å². The van der Waals surface area contributed by atoms with E-state index in [0.29, 0.717) is 0 Å². The molecule has 0 heterocycles. The summed E-state index contributed by atoms with van der Waals surface area (Å²) in [7, 11) is 0. The predicted octanol–water partition coefficient (Wildman–Crippen LogP) is 4.50. The van der Waals surface area contributed by atoms with Crippen LogP contribution in [-0.4, -0.2) is 0 Å². The number of benzene rings is 1. The molecule has 3 unspecified atom stereocenters. The van der Waals surface area contributed by atoms with Gasteiger partial charge in [0.15, 0.2) is 0 Å². The number of nitrogens with two attached hydrogens (primary N) is 1. The number of fused-ring (bicyclic) bond motifs is 1. The number of halogens is 1. The zero-order chi connectivity index (χ0) is 12.9. The van der Waals surface area contributed by atoms with Crippen LogP contribution in [0.1, 0.15) is 48.4 Å². The van der Waals surface area contributed by atoms with Crippen molar-refractivity contribution in [1.82, 2.24) is 0 Å². The molecule has 2 N–H and O–H groups in total. The van der Waals surface area contributed by atoms with Crippen LogP contribution in [-0.2, 0) is 0 Å². The van der Waals surface area contributed by atoms with Crippen molar-refractivity contribution in [2.45, 2.75) is 45.6 Å². The zero-order valence-corrected chi connectivity index (χ0v) is 12.8. The van der Waals surface area contributed by atoms with Gasteiger partial charge in [0.2, 0.25) is 0 Å². The first-order chi connectivity index (χ1) is 8.59. The standard InChI is InChI=1S/C16H22BrN/c1-9-8-14(17)10(2)7-13(9)16(18)15-11-5-3-4-6-12(11)15/h7-8,11-12,15-16H,3-6,18H2,1-2H3. The second-order valence-corrected chi connectivity index (χ2v) is 7.03. The van der Waals surface area contributed by atoms with E-state index >= 15 is 0 Å². The number of hydrogen-bond acceptors (Lipinski definition) is 1. The third-order valence-electron chi connectivity index (χ3n) is 5.04. The van der Waals surface area contributed by atoms with Gasteiger partial charge in [-0.2, -0.15) is 0 Å². The van der Waals surface area contributed by atoms with Crippen molar-refractivity contribution in [2.24, 2.45) is 23.5 Å². The number of aryl methyl sites for hydroxylation is 2. The molecular formula is C16H22BrN. The van der Waals surface area contributed by atoms with Gasteiger partial charge in [-0.15, -0.1) is 0 Å². The van der Waals surface area contributed by atoms with E-state index in [1.807, 2.05) is 0 Å². The second-order valence-electron chi connectivity index (χ2n) is 6.17. The van der Waals surface area contributed by atoms with Crippen molar-refractivity contribution in [3.05, 3.63) is 33.3 Å². The number of rotatable bonds is 2. The van der Waals surface area contributed by atoms with E-state index in [1.165, 1.54) is 46.8 Å². The third kappa shape index (κ3) is 2.04. The van der Waals surface area contributed by atoms with Gasteiger partial charge in [-0.05, 0) is 67.2 Å². The Kier molecular flexibility index (Phi) is 3.27. The highest BCUT2D eigenvalue weighted by Crippen LogP contribution is 2.60. The van der Waals surface area contributed by atoms with Crippen LogP contribution in [0.15, 0.2) is 16.6 Å². The molecule has 0 aliphatic heterocycles. The minimum absolute atomic E-state index is 0.255. The molecule has 2 aliphatic carbocycles. The Morgan fingerprint density at radius 1 is 1.11 bits per heavy atom. The first-order valence-corrected chi connectivity index (χ1v) is 7.91. The summed E-state index contributed by atoms with van der Waals surface area (Å²) in [5.41, 5.74) is 10.6. The summed E-state index contributed by atoms with van der Waals surface area (Å²) in [5, 5.41) is 0. The molecule has 0 radical (unpaired) electrons. The first kappa shape index (κ1) is 12.7. The fourth-order valence-electron chi connectivity index (χ4n) is 3.95. The Morgan fingerprint density at radius 3 is 2.33 bits per heavy atom. The number of hydrogen-bond donors (Lipinski definition) is 1. The van der Waals surface area contributed by atoms with Crippen LogP contribution >= 0.6 is 15.9 Å². The van der Waals surface area contributed by atoms with Gasteiger partial charge in [-0.25, -0.2) is 0 Å². The molecule has 2 fully saturated rings. The van der Waals surface area contributed by atoms with Gasteiger partial charge in [0.25, 0.3) is 0 Å². The van der Waals surface area contributed by atoms with Gasteiger partial charge in [0.05, 0.1) is 0 Å². The van der Waals surface area contributed by atoms with Gasteiger partial charge in [0.1, 0.15) is 0 Å². The molecule has 1 aromatic rings. The summed E-state index contributed by atoms with van der Waals surface area (Å²) in [6.07, 6.45) is 5.67. The monoisotopic (exact) mass is 307 g/mol. The molecule has 18 heavy (non-hydrogen) atoms. The molecule has 2 heteroatoms. The van der Waals surface area contributed by atoms with Crippen molar-refractivity contribution in [3.8, 4) is 0 Å². The first-order valence-electron chi connectivity index (χ1n) is 7.12. The lowest BCUT2D eigenvalue weighted by atomic mass is 9.95. The van der Waals surface area contributed by atoms with Crippen LogP contribution in [0, 0.1) is 31.6 Å². The topological polar surface area (TPSA) is 26.0 Å². The Balaban J connectivity index is 1.85. The summed E-state index contributed by atoms with van der Waals surface area (Å²) < 4.78 is 1.20. The molecule has 1 aromatic carbocycles. The van der Waals surface area contributed by atoms with E-state index in [0.717, 1.165) is 17.8 Å². The fraction of sp³-hybridized carbons (Fsp3) is 0.625. The van der Waals surface area contributed by atoms with Crippen molar-refractivity contribution < 1.29 is 0 Å². The fourth-order valence-corrected chi connectivity index (χ4v) is 4.41. The van der Waals surface area contributed by atoms with Crippen LogP contribution in [0.25, 0.3) is 0 Å². The summed E-state index contributed by atoms with van der Waals surface area (Å²) in [4.78, 5) is 0. The normalized spacial score (nSPS) is 31.9. The molecule has 3 rings (SSSR count). The Hall–Kier alpha value is -0.340. The maximum Gasteiger partial charge on any atom is 0.0331 e. The van der Waals surface area contributed by atoms with E-state index in [9.17, 15) is 0 Å². The van der Waals surface area contributed by atoms with E-state index in [-0.39, 0.29) is 6.04 Å². The molecule has 0 bridgehead atoms. The maximum absolute atomic E-state index is 6.56. The van der Waals surface area contributed by atoms with Crippen molar-refractivity contribution >= 4 is 15.9 Å². The quantitative estimate of drug-likeness (QED) is 0.855. The second kappa shape index (κ2) is 4.64. The predicted molar refractivity (Wildman–Crippen MR) is 79.5 cm³/mol. The van der Waals surface area contributed by atoms with Crippen molar-refractivity contribution in [1.29, 1.82) is 0 Å². The largest absolute Gasteiger partial charge is 0.324 e. The molecule has 2 aliphatic rings. The highest BCUT2D eigenvalue weighted by Gasteiger charge is 2.53. The third-order valence-corrected chi connectivity index (χ3v) is 5.90. The van der Waals surface area contributed by atoms with Gasteiger partial charge >= 0.3 is 0 Å². The van der Waals surface area contributed by atoms with Gasteiger partial charge in [0, 0.05) is 10.5 Å². The van der Waals surface area contributed by atoms with E-state index in [1.54, 1.807) is 0 Å². The Labute approximate surface area is 118 Å². The van der Waals surface area contributed by atoms with E-state index < -0.39 is 0 Å². The molecule has 0 saturated heterocycles. The van der Waals surface area contributed by atoms with E-state index in [2.05, 4.69) is 41.9 Å². The molecule has 0 amide bonds. The van der Waals surface area contributed by atoms with Gasteiger partial charge in [-0.1, -0.05) is 34.8 Å². The smallest absolute Gasteiger partial charge is 0.0331 e. The average molecular weight is 308 g/mol. The lowest BCUT2D eigenvalue weighted by Gasteiger charge is -2.17.